The second-order valence-electron chi connectivity index (χ2n) is 4.98. The second-order valence-corrected chi connectivity index (χ2v) is 4.98. The Kier molecular flexibility index (Phi) is 4.66. The molecule has 1 saturated carbocycles. The van der Waals surface area contributed by atoms with Gasteiger partial charge in [0.05, 0.1) is 0 Å². The molecule has 0 spiro atoms. The summed E-state index contributed by atoms with van der Waals surface area (Å²) in [6.45, 7) is 1.54. The van der Waals surface area contributed by atoms with Crippen molar-refractivity contribution < 1.29 is 4.74 Å². The Hall–Kier alpha value is -1.01. The molecule has 2 N–H and O–H groups in total. The van der Waals surface area contributed by atoms with Crippen LogP contribution in [0, 0.1) is 0 Å². The van der Waals surface area contributed by atoms with Crippen LogP contribution in [-0.4, -0.2) is 33.9 Å². The fourth-order valence-corrected chi connectivity index (χ4v) is 2.73. The average molecular weight is 253 g/mol. The highest BCUT2D eigenvalue weighted by Crippen LogP contribution is 2.38. The maximum Gasteiger partial charge on any atom is 0.183 e. The minimum Gasteiger partial charge on any atom is -0.370 e. The van der Waals surface area contributed by atoms with Crippen LogP contribution in [-0.2, 0) is 16.9 Å². The number of ether oxygens (including phenoxy) is 1. The van der Waals surface area contributed by atoms with Crippen LogP contribution >= 0.6 is 0 Å². The van der Waals surface area contributed by atoms with Gasteiger partial charge in [0.25, 0.3) is 0 Å². The molecular weight excluding hydrogens is 230 g/mol. The largest absolute Gasteiger partial charge is 0.370 e. The van der Waals surface area contributed by atoms with Crippen molar-refractivity contribution in [1.29, 1.82) is 0 Å². The van der Waals surface area contributed by atoms with Crippen LogP contribution in [0.15, 0.2) is 0 Å². The van der Waals surface area contributed by atoms with Crippen molar-refractivity contribution >= 4 is 0 Å². The molecule has 2 rings (SSSR count). The summed E-state index contributed by atoms with van der Waals surface area (Å²) in [7, 11) is 1.77. The predicted molar refractivity (Wildman–Crippen MR) is 67.9 cm³/mol. The van der Waals surface area contributed by atoms with Crippen molar-refractivity contribution in [1.82, 2.24) is 20.2 Å². The Balaban J connectivity index is 2.12. The number of aromatic nitrogens is 4. The molecular formula is C12H23N5O. The van der Waals surface area contributed by atoms with Gasteiger partial charge in [-0.3, -0.25) is 0 Å². The van der Waals surface area contributed by atoms with Crippen molar-refractivity contribution in [3.05, 3.63) is 5.82 Å². The minimum absolute atomic E-state index is 0.273. The molecule has 6 heteroatoms. The van der Waals surface area contributed by atoms with E-state index in [0.717, 1.165) is 38.1 Å². The van der Waals surface area contributed by atoms with E-state index in [1.165, 1.54) is 19.3 Å². The lowest BCUT2D eigenvalue weighted by atomic mass is 9.84. The van der Waals surface area contributed by atoms with Crippen molar-refractivity contribution in [2.24, 2.45) is 5.73 Å². The van der Waals surface area contributed by atoms with Gasteiger partial charge in [-0.25, -0.2) is 4.68 Å². The predicted octanol–water partition coefficient (Wildman–Crippen LogP) is 1.22. The second kappa shape index (κ2) is 6.24. The summed E-state index contributed by atoms with van der Waals surface area (Å²) in [4.78, 5) is 0. The van der Waals surface area contributed by atoms with Crippen LogP contribution in [0.4, 0.5) is 0 Å². The number of hydrogen-bond acceptors (Lipinski definition) is 5. The average Bonchev–Trinajstić information content (AvgIpc) is 2.89. The number of unbranched alkanes of at least 4 members (excludes halogenated alkanes) is 1. The van der Waals surface area contributed by atoms with Crippen molar-refractivity contribution in [2.75, 3.05) is 13.7 Å². The van der Waals surface area contributed by atoms with E-state index < -0.39 is 0 Å². The number of rotatable bonds is 6. The topological polar surface area (TPSA) is 78.9 Å². The molecule has 0 radical (unpaired) electrons. The fraction of sp³-hybridized carbons (Fsp3) is 0.917. The number of aryl methyl sites for hydroxylation is 1. The first-order valence-corrected chi connectivity index (χ1v) is 6.84. The highest BCUT2D eigenvalue weighted by molar-refractivity contribution is 5.02. The lowest BCUT2D eigenvalue weighted by molar-refractivity contribution is -0.0548. The summed E-state index contributed by atoms with van der Waals surface area (Å²) in [5, 5.41) is 12.1. The maximum absolute atomic E-state index is 5.78. The van der Waals surface area contributed by atoms with E-state index in [1.54, 1.807) is 7.11 Å². The van der Waals surface area contributed by atoms with Gasteiger partial charge >= 0.3 is 0 Å². The molecule has 1 aliphatic carbocycles. The normalized spacial score (nSPS) is 19.0. The van der Waals surface area contributed by atoms with Gasteiger partial charge in [0, 0.05) is 13.7 Å². The molecule has 1 heterocycles. The highest BCUT2D eigenvalue weighted by atomic mass is 16.5. The molecule has 1 fully saturated rings. The molecule has 1 aromatic rings. The quantitative estimate of drug-likeness (QED) is 0.771. The molecule has 0 bridgehead atoms. The summed E-state index contributed by atoms with van der Waals surface area (Å²) in [5.74, 6) is 0.890. The van der Waals surface area contributed by atoms with Gasteiger partial charge in [-0.05, 0) is 42.7 Å². The molecule has 6 nitrogen and oxygen atoms in total. The third-order valence-electron chi connectivity index (χ3n) is 3.82. The van der Waals surface area contributed by atoms with E-state index in [4.69, 9.17) is 10.5 Å². The first kappa shape index (κ1) is 13.4. The molecule has 0 atom stereocenters. The Labute approximate surface area is 108 Å². The van der Waals surface area contributed by atoms with Gasteiger partial charge in [0.1, 0.15) is 5.60 Å². The van der Waals surface area contributed by atoms with Crippen LogP contribution in [0.2, 0.25) is 0 Å². The Morgan fingerprint density at radius 1 is 1.28 bits per heavy atom. The van der Waals surface area contributed by atoms with E-state index in [2.05, 4.69) is 15.5 Å². The molecule has 0 aromatic carbocycles. The molecule has 0 aliphatic heterocycles. The maximum atomic E-state index is 5.78. The van der Waals surface area contributed by atoms with Gasteiger partial charge in [0.2, 0.25) is 0 Å². The Morgan fingerprint density at radius 3 is 2.72 bits per heavy atom. The third-order valence-corrected chi connectivity index (χ3v) is 3.82. The zero-order valence-corrected chi connectivity index (χ0v) is 11.1. The monoisotopic (exact) mass is 253 g/mol. The summed E-state index contributed by atoms with van der Waals surface area (Å²) in [6, 6.07) is 0. The van der Waals surface area contributed by atoms with Gasteiger partial charge in [-0.2, -0.15) is 0 Å². The summed E-state index contributed by atoms with van der Waals surface area (Å²) in [5.41, 5.74) is 5.24. The summed E-state index contributed by atoms with van der Waals surface area (Å²) in [6.07, 6.45) is 7.68. The minimum atomic E-state index is -0.273. The van der Waals surface area contributed by atoms with E-state index in [0.29, 0.717) is 6.54 Å². The van der Waals surface area contributed by atoms with Gasteiger partial charge < -0.3 is 10.5 Å². The van der Waals surface area contributed by atoms with E-state index in [1.807, 2.05) is 4.68 Å². The first-order chi connectivity index (χ1) is 8.82. The van der Waals surface area contributed by atoms with Crippen LogP contribution in [0.25, 0.3) is 0 Å². The summed E-state index contributed by atoms with van der Waals surface area (Å²) < 4.78 is 7.68. The van der Waals surface area contributed by atoms with Gasteiger partial charge in [-0.15, -0.1) is 5.10 Å². The highest BCUT2D eigenvalue weighted by Gasteiger charge is 2.38. The Morgan fingerprint density at radius 2 is 2.06 bits per heavy atom. The number of tetrazole rings is 1. The molecule has 1 aliphatic rings. The molecule has 0 unspecified atom stereocenters. The van der Waals surface area contributed by atoms with Crippen LogP contribution in [0.5, 0.6) is 0 Å². The van der Waals surface area contributed by atoms with Crippen molar-refractivity contribution in [3.8, 4) is 0 Å². The third kappa shape index (κ3) is 2.70. The number of nitrogens with zero attached hydrogens (tertiary/aromatic N) is 4. The summed E-state index contributed by atoms with van der Waals surface area (Å²) >= 11 is 0. The van der Waals surface area contributed by atoms with E-state index >= 15 is 0 Å². The molecule has 102 valence electrons. The fourth-order valence-electron chi connectivity index (χ4n) is 2.73. The zero-order chi connectivity index (χ0) is 12.8. The number of hydrogen-bond donors (Lipinski definition) is 1. The molecule has 1 aromatic heterocycles. The Bertz CT molecular complexity index is 359. The van der Waals surface area contributed by atoms with Gasteiger partial charge in [0.15, 0.2) is 5.82 Å². The molecule has 0 saturated heterocycles. The first-order valence-electron chi connectivity index (χ1n) is 6.84. The zero-order valence-electron chi connectivity index (χ0n) is 11.1. The molecule has 18 heavy (non-hydrogen) atoms. The van der Waals surface area contributed by atoms with Gasteiger partial charge in [-0.1, -0.05) is 19.3 Å². The lowest BCUT2D eigenvalue weighted by Crippen LogP contribution is -2.34. The SMILES string of the molecule is COC1(c2nnnn2CCCCN)CCCCC1. The van der Waals surface area contributed by atoms with Crippen molar-refractivity contribution in [3.63, 3.8) is 0 Å². The van der Waals surface area contributed by atoms with E-state index in [9.17, 15) is 0 Å². The van der Waals surface area contributed by atoms with Crippen LogP contribution in [0.3, 0.4) is 0 Å². The smallest absolute Gasteiger partial charge is 0.183 e. The van der Waals surface area contributed by atoms with E-state index in [-0.39, 0.29) is 5.60 Å². The number of nitrogens with two attached hydrogens (primary N) is 1. The van der Waals surface area contributed by atoms with Crippen LogP contribution < -0.4 is 5.73 Å². The molecule has 0 amide bonds. The van der Waals surface area contributed by atoms with Crippen molar-refractivity contribution in [2.45, 2.75) is 57.1 Å². The standard InChI is InChI=1S/C12H23N5O/c1-18-12(7-3-2-4-8-12)11-14-15-16-17(11)10-6-5-9-13/h2-10,13H2,1H3. The van der Waals surface area contributed by atoms with Crippen LogP contribution in [0.1, 0.15) is 50.8 Å². The number of methoxy groups -OCH3 is 1. The lowest BCUT2D eigenvalue weighted by Gasteiger charge is -2.34.